The van der Waals surface area contributed by atoms with Gasteiger partial charge >= 0.3 is 6.18 Å². The van der Waals surface area contributed by atoms with Crippen LogP contribution >= 0.6 is 0 Å². The summed E-state index contributed by atoms with van der Waals surface area (Å²) in [5.41, 5.74) is 0.0637. The summed E-state index contributed by atoms with van der Waals surface area (Å²) in [6.45, 7) is 3.48. The zero-order chi connectivity index (χ0) is 23.5. The Morgan fingerprint density at radius 3 is 2.62 bits per heavy atom. The molecule has 3 aromatic rings. The number of benzene rings is 1. The van der Waals surface area contributed by atoms with Gasteiger partial charge in [-0.2, -0.15) is 13.2 Å². The summed E-state index contributed by atoms with van der Waals surface area (Å²) in [5, 5.41) is 29.0. The molecule has 2 aromatic heterocycles. The van der Waals surface area contributed by atoms with Crippen molar-refractivity contribution in [3.8, 4) is 17.0 Å². The lowest BCUT2D eigenvalue weighted by molar-refractivity contribution is -0.137. The standard InChI is InChI=1S/C19H21F3N6O.CH2O2/c1-11-23-9-15-17(14-6-5-12(8-16(14)29)19(20,21)22)25-26-18(28(11)15)24-13-4-3-7-27(2)10-13;2-1-3/h5-6,8-9,13,29H,3-4,7,10H2,1-2H3,(H,24,26);1H,(H,2,3)/t13-;/m1./s1. The predicted octanol–water partition coefficient (Wildman–Crippen LogP) is 3.03. The van der Waals surface area contributed by atoms with Crippen LogP contribution in [-0.4, -0.2) is 67.3 Å². The second-order valence-electron chi connectivity index (χ2n) is 7.48. The SMILES string of the molecule is Cc1ncc2c(-c3ccc(C(F)(F)F)cc3O)nnc(N[C@@H]3CCCN(C)C3)n12.O=CO. The van der Waals surface area contributed by atoms with E-state index < -0.39 is 17.5 Å². The van der Waals surface area contributed by atoms with E-state index in [0.717, 1.165) is 32.0 Å². The van der Waals surface area contributed by atoms with Gasteiger partial charge in [0.25, 0.3) is 6.47 Å². The van der Waals surface area contributed by atoms with E-state index in [1.165, 1.54) is 6.07 Å². The third-order valence-corrected chi connectivity index (χ3v) is 5.18. The number of fused-ring (bicyclic) bond motifs is 1. The van der Waals surface area contributed by atoms with E-state index in [2.05, 4.69) is 32.4 Å². The summed E-state index contributed by atoms with van der Waals surface area (Å²) in [6, 6.07) is 3.02. The molecule has 3 N–H and O–H groups in total. The normalized spacial score (nSPS) is 17.0. The molecule has 1 aliphatic heterocycles. The fraction of sp³-hybridized carbons (Fsp3) is 0.400. The van der Waals surface area contributed by atoms with Gasteiger partial charge in [-0.3, -0.25) is 9.20 Å². The Bertz CT molecular complexity index is 1100. The Hall–Kier alpha value is -3.41. The Labute approximate surface area is 181 Å². The number of piperidine rings is 1. The van der Waals surface area contributed by atoms with Crippen LogP contribution in [0.1, 0.15) is 24.2 Å². The average Bonchev–Trinajstić information content (AvgIpc) is 3.11. The molecule has 3 heterocycles. The largest absolute Gasteiger partial charge is 0.507 e. The number of aromatic hydroxyl groups is 1. The highest BCUT2D eigenvalue weighted by atomic mass is 19.4. The minimum absolute atomic E-state index is 0.166. The van der Waals surface area contributed by atoms with Gasteiger partial charge in [0, 0.05) is 18.2 Å². The van der Waals surface area contributed by atoms with Crippen molar-refractivity contribution in [2.45, 2.75) is 32.0 Å². The number of hydrogen-bond acceptors (Lipinski definition) is 7. The molecule has 1 aliphatic rings. The molecule has 12 heteroatoms. The average molecular weight is 452 g/mol. The van der Waals surface area contributed by atoms with Crippen LogP contribution in [0.4, 0.5) is 19.1 Å². The molecule has 1 saturated heterocycles. The molecule has 0 spiro atoms. The van der Waals surface area contributed by atoms with Crippen LogP contribution in [-0.2, 0) is 11.0 Å². The van der Waals surface area contributed by atoms with Crippen LogP contribution in [0.2, 0.25) is 0 Å². The van der Waals surface area contributed by atoms with Crippen LogP contribution in [0.15, 0.2) is 24.4 Å². The number of likely N-dealkylation sites (N-methyl/N-ethyl adjacent to an activating group) is 1. The molecule has 0 saturated carbocycles. The number of carboxylic acid groups (broad SMARTS) is 1. The number of aryl methyl sites for hydroxylation is 1. The van der Waals surface area contributed by atoms with Gasteiger partial charge in [0.2, 0.25) is 5.95 Å². The fourth-order valence-corrected chi connectivity index (χ4v) is 3.73. The van der Waals surface area contributed by atoms with E-state index in [-0.39, 0.29) is 23.8 Å². The number of carbonyl (C=O) groups is 1. The molecule has 0 radical (unpaired) electrons. The molecule has 32 heavy (non-hydrogen) atoms. The maximum absolute atomic E-state index is 12.9. The van der Waals surface area contributed by atoms with Crippen molar-refractivity contribution in [1.29, 1.82) is 0 Å². The summed E-state index contributed by atoms with van der Waals surface area (Å²) in [6.07, 6.45) is -0.881. The van der Waals surface area contributed by atoms with E-state index in [1.54, 1.807) is 10.6 Å². The molecular weight excluding hydrogens is 429 g/mol. The monoisotopic (exact) mass is 452 g/mol. The number of nitrogens with zero attached hydrogens (tertiary/aromatic N) is 5. The van der Waals surface area contributed by atoms with E-state index in [4.69, 9.17) is 9.90 Å². The molecule has 0 unspecified atom stereocenters. The van der Waals surface area contributed by atoms with Crippen molar-refractivity contribution < 1.29 is 28.2 Å². The first-order chi connectivity index (χ1) is 15.2. The van der Waals surface area contributed by atoms with Gasteiger partial charge in [-0.25, -0.2) is 4.98 Å². The number of likely N-dealkylation sites (tertiary alicyclic amines) is 1. The molecule has 1 aromatic carbocycles. The highest BCUT2D eigenvalue weighted by Crippen LogP contribution is 2.37. The number of imidazole rings is 1. The molecular formula is C20H23F3N6O3. The van der Waals surface area contributed by atoms with Crippen LogP contribution in [0.3, 0.4) is 0 Å². The van der Waals surface area contributed by atoms with Gasteiger partial charge in [-0.15, -0.1) is 10.2 Å². The summed E-state index contributed by atoms with van der Waals surface area (Å²) in [4.78, 5) is 14.9. The lowest BCUT2D eigenvalue weighted by Crippen LogP contribution is -2.40. The molecule has 1 fully saturated rings. The van der Waals surface area contributed by atoms with Crippen molar-refractivity contribution in [3.63, 3.8) is 0 Å². The molecule has 1 atom stereocenters. The van der Waals surface area contributed by atoms with Gasteiger partial charge < -0.3 is 20.4 Å². The quantitative estimate of drug-likeness (QED) is 0.520. The highest BCUT2D eigenvalue weighted by Gasteiger charge is 2.31. The van der Waals surface area contributed by atoms with Crippen molar-refractivity contribution in [2.75, 3.05) is 25.5 Å². The third-order valence-electron chi connectivity index (χ3n) is 5.18. The zero-order valence-electron chi connectivity index (χ0n) is 17.5. The van der Waals surface area contributed by atoms with Crippen molar-refractivity contribution in [2.24, 2.45) is 0 Å². The molecule has 0 aliphatic carbocycles. The van der Waals surface area contributed by atoms with E-state index >= 15 is 0 Å². The van der Waals surface area contributed by atoms with Crippen molar-refractivity contribution >= 4 is 17.9 Å². The second kappa shape index (κ2) is 9.39. The number of rotatable bonds is 3. The molecule has 0 bridgehead atoms. The lowest BCUT2D eigenvalue weighted by Gasteiger charge is -2.30. The summed E-state index contributed by atoms with van der Waals surface area (Å²) >= 11 is 0. The van der Waals surface area contributed by atoms with E-state index in [1.807, 2.05) is 6.92 Å². The van der Waals surface area contributed by atoms with E-state index in [0.29, 0.717) is 23.4 Å². The fourth-order valence-electron chi connectivity index (χ4n) is 3.73. The topological polar surface area (TPSA) is 116 Å². The molecule has 172 valence electrons. The van der Waals surface area contributed by atoms with Gasteiger partial charge in [-0.05, 0) is 51.6 Å². The summed E-state index contributed by atoms with van der Waals surface area (Å²) in [7, 11) is 2.06. The first kappa shape index (κ1) is 23.3. The van der Waals surface area contributed by atoms with Crippen LogP contribution in [0, 0.1) is 6.92 Å². The maximum atomic E-state index is 12.9. The van der Waals surface area contributed by atoms with E-state index in [9.17, 15) is 18.3 Å². The van der Waals surface area contributed by atoms with Gasteiger partial charge in [0.15, 0.2) is 0 Å². The second-order valence-corrected chi connectivity index (χ2v) is 7.48. The number of phenolic OH excluding ortho intramolecular Hbond substituents is 1. The Balaban J connectivity index is 0.000000913. The van der Waals surface area contributed by atoms with Crippen molar-refractivity contribution in [1.82, 2.24) is 24.5 Å². The summed E-state index contributed by atoms with van der Waals surface area (Å²) in [5.74, 6) is 0.671. The number of halogens is 3. The molecule has 4 rings (SSSR count). The number of phenols is 1. The predicted molar refractivity (Wildman–Crippen MR) is 110 cm³/mol. The first-order valence-corrected chi connectivity index (χ1v) is 9.80. The summed E-state index contributed by atoms with van der Waals surface area (Å²) < 4.78 is 40.5. The number of alkyl halides is 3. The molecule has 9 nitrogen and oxygen atoms in total. The number of nitrogens with one attached hydrogen (secondary N) is 1. The lowest BCUT2D eigenvalue weighted by atomic mass is 10.1. The Morgan fingerprint density at radius 2 is 2.00 bits per heavy atom. The van der Waals surface area contributed by atoms with Gasteiger partial charge in [0.1, 0.15) is 17.3 Å². The smallest absolute Gasteiger partial charge is 0.416 e. The zero-order valence-corrected chi connectivity index (χ0v) is 17.5. The van der Waals surface area contributed by atoms with Crippen molar-refractivity contribution in [3.05, 3.63) is 35.8 Å². The van der Waals surface area contributed by atoms with Gasteiger partial charge in [0.05, 0.1) is 17.3 Å². The first-order valence-electron chi connectivity index (χ1n) is 9.80. The number of anilines is 1. The Kier molecular flexibility index (Phi) is 6.82. The maximum Gasteiger partial charge on any atom is 0.416 e. The Morgan fingerprint density at radius 1 is 1.28 bits per heavy atom. The minimum atomic E-state index is -4.54. The van der Waals surface area contributed by atoms with Crippen LogP contribution in [0.5, 0.6) is 5.75 Å². The van der Waals surface area contributed by atoms with Gasteiger partial charge in [-0.1, -0.05) is 0 Å². The number of hydrogen-bond donors (Lipinski definition) is 3. The third kappa shape index (κ3) is 4.90. The van der Waals surface area contributed by atoms with Crippen LogP contribution in [0.25, 0.3) is 16.8 Å². The highest BCUT2D eigenvalue weighted by molar-refractivity contribution is 5.81. The number of aromatic nitrogens is 4. The minimum Gasteiger partial charge on any atom is -0.507 e. The van der Waals surface area contributed by atoms with Crippen LogP contribution < -0.4 is 5.32 Å². The molecule has 0 amide bonds.